The number of alkyl halides is 3. The Bertz CT molecular complexity index is 1660. The summed E-state index contributed by atoms with van der Waals surface area (Å²) in [6, 6.07) is 19.4. The minimum atomic E-state index is -4.53. The molecule has 0 bridgehead atoms. The molecule has 5 rings (SSSR count). The highest BCUT2D eigenvalue weighted by atomic mass is 19.4. The molecule has 0 aliphatic heterocycles. The van der Waals surface area contributed by atoms with Crippen molar-refractivity contribution >= 4 is 21.9 Å². The number of halogens is 3. The molecule has 0 saturated heterocycles. The lowest BCUT2D eigenvalue weighted by atomic mass is 10.0. The molecule has 0 atom stereocenters. The van der Waals surface area contributed by atoms with E-state index in [1.54, 1.807) is 37.5 Å². The van der Waals surface area contributed by atoms with Gasteiger partial charge in [-0.15, -0.1) is 0 Å². The fourth-order valence-electron chi connectivity index (χ4n) is 4.01. The summed E-state index contributed by atoms with van der Waals surface area (Å²) >= 11 is 0. The monoisotopic (exact) mass is 444 g/mol. The molecule has 5 nitrogen and oxygen atoms in total. The third kappa shape index (κ3) is 3.34. The fraction of sp³-hybridized carbons (Fsp3) is 0.0800. The Balaban J connectivity index is 1.84. The lowest BCUT2D eigenvalue weighted by molar-refractivity contribution is -0.137. The summed E-state index contributed by atoms with van der Waals surface area (Å²) in [6.07, 6.45) is -2.99. The third-order valence-electron chi connectivity index (χ3n) is 5.64. The van der Waals surface area contributed by atoms with Crippen LogP contribution in [0.25, 0.3) is 38.8 Å². The minimum absolute atomic E-state index is 0.116. The van der Waals surface area contributed by atoms with E-state index in [0.29, 0.717) is 27.5 Å². The van der Waals surface area contributed by atoms with Gasteiger partial charge in [-0.2, -0.15) is 18.4 Å². The Kier molecular flexibility index (Phi) is 4.57. The van der Waals surface area contributed by atoms with Crippen molar-refractivity contribution in [1.29, 1.82) is 5.26 Å². The third-order valence-corrected chi connectivity index (χ3v) is 5.64. The fourth-order valence-corrected chi connectivity index (χ4v) is 4.01. The predicted molar refractivity (Wildman–Crippen MR) is 119 cm³/mol. The molecule has 0 amide bonds. The van der Waals surface area contributed by atoms with Crippen LogP contribution in [0.15, 0.2) is 77.7 Å². The Hall–Kier alpha value is -4.38. The Morgan fingerprint density at radius 3 is 2.48 bits per heavy atom. The summed E-state index contributed by atoms with van der Waals surface area (Å²) < 4.78 is 42.6. The molecule has 2 heterocycles. The van der Waals surface area contributed by atoms with Crippen molar-refractivity contribution in [1.82, 2.24) is 14.1 Å². The normalized spacial score (nSPS) is 11.7. The van der Waals surface area contributed by atoms with Crippen molar-refractivity contribution in [2.24, 2.45) is 7.05 Å². The zero-order valence-corrected chi connectivity index (χ0v) is 17.3. The van der Waals surface area contributed by atoms with Crippen molar-refractivity contribution in [3.63, 3.8) is 0 Å². The van der Waals surface area contributed by atoms with Crippen molar-refractivity contribution in [2.75, 3.05) is 0 Å². The summed E-state index contributed by atoms with van der Waals surface area (Å²) in [7, 11) is 1.56. The first-order valence-electron chi connectivity index (χ1n) is 9.96. The van der Waals surface area contributed by atoms with Crippen LogP contribution in [0.5, 0.6) is 0 Å². The molecule has 0 radical (unpaired) electrons. The van der Waals surface area contributed by atoms with Crippen molar-refractivity contribution in [2.45, 2.75) is 6.18 Å². The lowest BCUT2D eigenvalue weighted by Crippen LogP contribution is -2.21. The predicted octanol–water partition coefficient (Wildman–Crippen LogP) is 5.43. The van der Waals surface area contributed by atoms with E-state index in [-0.39, 0.29) is 5.69 Å². The van der Waals surface area contributed by atoms with Gasteiger partial charge in [0.2, 0.25) is 0 Å². The zero-order chi connectivity index (χ0) is 23.3. The minimum Gasteiger partial charge on any atom is -0.293 e. The molecule has 5 aromatic rings. The van der Waals surface area contributed by atoms with Gasteiger partial charge >= 0.3 is 11.9 Å². The number of fused-ring (bicyclic) bond motifs is 3. The SMILES string of the molecule is Cn1c(=O)n(-c2cccc(C(F)(F)F)c2)c2c3cc(-c4cccc(C#N)c4)ccc3ncc21. The molecule has 8 heteroatoms. The average molecular weight is 444 g/mol. The maximum absolute atomic E-state index is 13.3. The Morgan fingerprint density at radius 2 is 1.73 bits per heavy atom. The highest BCUT2D eigenvalue weighted by Crippen LogP contribution is 2.33. The smallest absolute Gasteiger partial charge is 0.293 e. The van der Waals surface area contributed by atoms with Gasteiger partial charge in [-0.3, -0.25) is 14.1 Å². The first-order valence-corrected chi connectivity index (χ1v) is 9.96. The van der Waals surface area contributed by atoms with Crippen LogP contribution >= 0.6 is 0 Å². The highest BCUT2D eigenvalue weighted by Gasteiger charge is 2.31. The van der Waals surface area contributed by atoms with Crippen LogP contribution in [0, 0.1) is 11.3 Å². The van der Waals surface area contributed by atoms with Crippen LogP contribution in [-0.4, -0.2) is 14.1 Å². The number of imidazole rings is 1. The average Bonchev–Trinajstić information content (AvgIpc) is 3.08. The summed E-state index contributed by atoms with van der Waals surface area (Å²) in [5, 5.41) is 9.83. The van der Waals surface area contributed by atoms with Gasteiger partial charge in [0.15, 0.2) is 0 Å². The summed E-state index contributed by atoms with van der Waals surface area (Å²) in [5.41, 5.74) is 2.45. The van der Waals surface area contributed by atoms with Gasteiger partial charge < -0.3 is 0 Å². The van der Waals surface area contributed by atoms with Crippen molar-refractivity contribution < 1.29 is 13.2 Å². The van der Waals surface area contributed by atoms with E-state index in [4.69, 9.17) is 0 Å². The second-order valence-electron chi connectivity index (χ2n) is 7.64. The van der Waals surface area contributed by atoms with Gasteiger partial charge in [-0.1, -0.05) is 24.3 Å². The van der Waals surface area contributed by atoms with Crippen LogP contribution in [0.1, 0.15) is 11.1 Å². The molecule has 0 spiro atoms. The van der Waals surface area contributed by atoms with Crippen LogP contribution in [0.4, 0.5) is 13.2 Å². The number of rotatable bonds is 2. The van der Waals surface area contributed by atoms with Crippen LogP contribution in [0.2, 0.25) is 0 Å². The number of hydrogen-bond acceptors (Lipinski definition) is 3. The second-order valence-corrected chi connectivity index (χ2v) is 7.64. The molecule has 0 aliphatic rings. The van der Waals surface area contributed by atoms with Gasteiger partial charge in [-0.25, -0.2) is 4.79 Å². The van der Waals surface area contributed by atoms with E-state index < -0.39 is 17.4 Å². The lowest BCUT2D eigenvalue weighted by Gasteiger charge is -2.11. The molecule has 2 aromatic heterocycles. The molecule has 0 unspecified atom stereocenters. The summed E-state index contributed by atoms with van der Waals surface area (Å²) in [4.78, 5) is 17.6. The van der Waals surface area contributed by atoms with Gasteiger partial charge in [0.25, 0.3) is 0 Å². The van der Waals surface area contributed by atoms with Crippen molar-refractivity contribution in [3.05, 3.63) is 94.5 Å². The molecule has 0 N–H and O–H groups in total. The van der Waals surface area contributed by atoms with E-state index in [2.05, 4.69) is 11.1 Å². The van der Waals surface area contributed by atoms with Gasteiger partial charge in [-0.05, 0) is 53.6 Å². The quantitative estimate of drug-likeness (QED) is 0.365. The summed E-state index contributed by atoms with van der Waals surface area (Å²) in [6.45, 7) is 0. The van der Waals surface area contributed by atoms with E-state index >= 15 is 0 Å². The maximum atomic E-state index is 13.3. The zero-order valence-electron chi connectivity index (χ0n) is 17.3. The number of nitrogens with zero attached hydrogens (tertiary/aromatic N) is 4. The van der Waals surface area contributed by atoms with E-state index in [0.717, 1.165) is 23.3 Å². The van der Waals surface area contributed by atoms with Gasteiger partial charge in [0, 0.05) is 12.4 Å². The van der Waals surface area contributed by atoms with E-state index in [1.807, 2.05) is 18.2 Å². The Labute approximate surface area is 185 Å². The molecule has 0 aliphatic carbocycles. The molecule has 3 aromatic carbocycles. The standard InChI is InChI=1S/C25H15F3N4O/c1-31-22-14-30-21-9-8-17(16-5-2-4-15(10-16)13-29)11-20(21)23(22)32(24(31)33)19-7-3-6-18(12-19)25(26,27)28/h2-12,14H,1H3. The first-order chi connectivity index (χ1) is 15.8. The number of hydrogen-bond donors (Lipinski definition) is 0. The van der Waals surface area contributed by atoms with Crippen LogP contribution in [0.3, 0.4) is 0 Å². The van der Waals surface area contributed by atoms with Gasteiger partial charge in [0.1, 0.15) is 0 Å². The number of nitriles is 1. The highest BCUT2D eigenvalue weighted by molar-refractivity contribution is 6.04. The van der Waals surface area contributed by atoms with E-state index in [1.165, 1.54) is 21.3 Å². The number of aromatic nitrogens is 3. The molecule has 0 fully saturated rings. The molecule has 162 valence electrons. The number of pyridine rings is 1. The van der Waals surface area contributed by atoms with Crippen molar-refractivity contribution in [3.8, 4) is 22.9 Å². The van der Waals surface area contributed by atoms with E-state index in [9.17, 15) is 23.2 Å². The number of aryl methyl sites for hydroxylation is 1. The molecule has 33 heavy (non-hydrogen) atoms. The molecular formula is C25H15F3N4O. The Morgan fingerprint density at radius 1 is 0.970 bits per heavy atom. The largest absolute Gasteiger partial charge is 0.416 e. The molecular weight excluding hydrogens is 429 g/mol. The van der Waals surface area contributed by atoms with Crippen LogP contribution < -0.4 is 5.69 Å². The van der Waals surface area contributed by atoms with Gasteiger partial charge in [0.05, 0.1) is 45.6 Å². The van der Waals surface area contributed by atoms with Crippen LogP contribution in [-0.2, 0) is 13.2 Å². The summed E-state index contributed by atoms with van der Waals surface area (Å²) in [5.74, 6) is 0. The number of benzene rings is 3. The second kappa shape index (κ2) is 7.35. The first kappa shape index (κ1) is 20.5. The maximum Gasteiger partial charge on any atom is 0.416 e. The topological polar surface area (TPSA) is 63.6 Å². The molecule has 0 saturated carbocycles.